The van der Waals surface area contributed by atoms with Crippen LogP contribution in [0.1, 0.15) is 61.6 Å². The van der Waals surface area contributed by atoms with Crippen LogP contribution < -0.4 is 5.32 Å². The van der Waals surface area contributed by atoms with Gasteiger partial charge in [-0.1, -0.05) is 68.5 Å². The molecule has 4 rings (SSSR count). The van der Waals surface area contributed by atoms with Crippen LogP contribution in [0.5, 0.6) is 0 Å². The van der Waals surface area contributed by atoms with Crippen molar-refractivity contribution in [3.05, 3.63) is 65.2 Å². The molecule has 0 atom stereocenters. The largest absolute Gasteiger partial charge is 0.395 e. The average molecular weight is 350 g/mol. The maximum Gasteiger partial charge on any atom is 0.0527 e. The predicted octanol–water partition coefficient (Wildman–Crippen LogP) is 5.45. The van der Waals surface area contributed by atoms with Crippen molar-refractivity contribution in [3.8, 4) is 0 Å². The molecular weight excluding hydrogens is 318 g/mol. The lowest BCUT2D eigenvalue weighted by Gasteiger charge is -2.27. The second-order valence-electron chi connectivity index (χ2n) is 8.40. The van der Waals surface area contributed by atoms with Gasteiger partial charge >= 0.3 is 0 Å². The van der Waals surface area contributed by atoms with Gasteiger partial charge in [0.2, 0.25) is 0 Å². The predicted molar refractivity (Wildman–Crippen MR) is 108 cm³/mol. The van der Waals surface area contributed by atoms with Gasteiger partial charge in [0.25, 0.3) is 0 Å². The SMILES string of the molecule is OCC1(c2ccc(NCc3cccc(CC4CCC4)c3)cc2)CCCC1. The van der Waals surface area contributed by atoms with E-state index in [4.69, 9.17) is 0 Å². The number of aliphatic hydroxyl groups is 1. The fraction of sp³-hybridized carbons (Fsp3) is 0.500. The third kappa shape index (κ3) is 3.81. The van der Waals surface area contributed by atoms with Gasteiger partial charge in [-0.2, -0.15) is 0 Å². The third-order valence-electron chi connectivity index (χ3n) is 6.60. The first-order chi connectivity index (χ1) is 12.8. The molecule has 0 spiro atoms. The van der Waals surface area contributed by atoms with Crippen LogP contribution in [0.25, 0.3) is 0 Å². The second kappa shape index (κ2) is 7.84. The van der Waals surface area contributed by atoms with Gasteiger partial charge in [-0.3, -0.25) is 0 Å². The number of hydrogen-bond acceptors (Lipinski definition) is 2. The molecular formula is C24H31NO. The summed E-state index contributed by atoms with van der Waals surface area (Å²) in [6.45, 7) is 1.14. The molecule has 0 unspecified atom stereocenters. The summed E-state index contributed by atoms with van der Waals surface area (Å²) in [5.41, 5.74) is 5.30. The Morgan fingerprint density at radius 3 is 2.31 bits per heavy atom. The van der Waals surface area contributed by atoms with Crippen molar-refractivity contribution in [1.82, 2.24) is 0 Å². The molecule has 0 amide bonds. The van der Waals surface area contributed by atoms with Gasteiger partial charge in [0.15, 0.2) is 0 Å². The van der Waals surface area contributed by atoms with E-state index in [2.05, 4.69) is 53.8 Å². The van der Waals surface area contributed by atoms with Gasteiger partial charge in [-0.25, -0.2) is 0 Å². The molecule has 2 saturated carbocycles. The Balaban J connectivity index is 1.36. The Morgan fingerprint density at radius 1 is 0.923 bits per heavy atom. The summed E-state index contributed by atoms with van der Waals surface area (Å²) in [6.07, 6.45) is 10.2. The van der Waals surface area contributed by atoms with E-state index in [1.54, 1.807) is 0 Å². The van der Waals surface area contributed by atoms with Crippen LogP contribution in [0, 0.1) is 5.92 Å². The molecule has 0 radical (unpaired) electrons. The van der Waals surface area contributed by atoms with Crippen LogP contribution in [0.2, 0.25) is 0 Å². The van der Waals surface area contributed by atoms with E-state index in [0.29, 0.717) is 0 Å². The molecule has 0 aromatic heterocycles. The van der Waals surface area contributed by atoms with Crippen LogP contribution in [-0.4, -0.2) is 11.7 Å². The van der Waals surface area contributed by atoms with Crippen LogP contribution in [0.15, 0.2) is 48.5 Å². The maximum atomic E-state index is 9.89. The summed E-state index contributed by atoms with van der Waals surface area (Å²) in [5, 5.41) is 13.4. The van der Waals surface area contributed by atoms with Gasteiger partial charge in [-0.05, 0) is 54.0 Å². The van der Waals surface area contributed by atoms with Crippen LogP contribution >= 0.6 is 0 Å². The molecule has 2 aliphatic carbocycles. The van der Waals surface area contributed by atoms with Gasteiger partial charge < -0.3 is 10.4 Å². The Morgan fingerprint density at radius 2 is 1.65 bits per heavy atom. The number of hydrogen-bond donors (Lipinski definition) is 2. The van der Waals surface area contributed by atoms with Crippen molar-refractivity contribution in [2.75, 3.05) is 11.9 Å². The highest BCUT2D eigenvalue weighted by molar-refractivity contribution is 5.47. The minimum atomic E-state index is 0.00832. The van der Waals surface area contributed by atoms with Gasteiger partial charge in [0, 0.05) is 17.6 Å². The van der Waals surface area contributed by atoms with Crippen molar-refractivity contribution >= 4 is 5.69 Å². The van der Waals surface area contributed by atoms with E-state index in [9.17, 15) is 5.11 Å². The smallest absolute Gasteiger partial charge is 0.0527 e. The number of nitrogens with one attached hydrogen (secondary N) is 1. The van der Waals surface area contributed by atoms with E-state index in [0.717, 1.165) is 31.0 Å². The molecule has 2 aromatic carbocycles. The van der Waals surface area contributed by atoms with Crippen molar-refractivity contribution in [2.24, 2.45) is 5.92 Å². The van der Waals surface area contributed by atoms with Crippen molar-refractivity contribution in [3.63, 3.8) is 0 Å². The third-order valence-corrected chi connectivity index (χ3v) is 6.60. The summed E-state index contributed by atoms with van der Waals surface area (Å²) in [7, 11) is 0. The molecule has 2 fully saturated rings. The van der Waals surface area contributed by atoms with Crippen LogP contribution in [0.4, 0.5) is 5.69 Å². The lowest BCUT2D eigenvalue weighted by molar-refractivity contribution is 0.196. The maximum absolute atomic E-state index is 9.89. The first-order valence-electron chi connectivity index (χ1n) is 10.3. The van der Waals surface area contributed by atoms with Gasteiger partial charge in [-0.15, -0.1) is 0 Å². The highest BCUT2D eigenvalue weighted by atomic mass is 16.3. The highest BCUT2D eigenvalue weighted by Gasteiger charge is 2.34. The number of rotatable bonds is 7. The molecule has 26 heavy (non-hydrogen) atoms. The summed E-state index contributed by atoms with van der Waals surface area (Å²) in [6, 6.07) is 17.8. The van der Waals surface area contributed by atoms with E-state index in [1.807, 2.05) is 0 Å². The van der Waals surface area contributed by atoms with Crippen molar-refractivity contribution in [1.29, 1.82) is 0 Å². The van der Waals surface area contributed by atoms with E-state index in [-0.39, 0.29) is 12.0 Å². The van der Waals surface area contributed by atoms with Gasteiger partial charge in [0.1, 0.15) is 0 Å². The summed E-state index contributed by atoms with van der Waals surface area (Å²) < 4.78 is 0. The normalized spacial score (nSPS) is 19.3. The summed E-state index contributed by atoms with van der Waals surface area (Å²) >= 11 is 0. The number of benzene rings is 2. The standard InChI is InChI=1S/C24H31NO/c26-18-24(13-1-2-14-24)22-9-11-23(12-10-22)25-17-21-8-4-7-20(16-21)15-19-5-3-6-19/h4,7-12,16,19,25-26H,1-3,5-6,13-15,17-18H2. The number of anilines is 1. The van der Waals surface area contributed by atoms with E-state index in [1.165, 1.54) is 55.2 Å². The Bertz CT molecular complexity index is 711. The zero-order chi connectivity index (χ0) is 17.8. The lowest BCUT2D eigenvalue weighted by atomic mass is 9.80. The zero-order valence-electron chi connectivity index (χ0n) is 15.7. The van der Waals surface area contributed by atoms with Crippen molar-refractivity contribution in [2.45, 2.75) is 63.3 Å². The fourth-order valence-electron chi connectivity index (χ4n) is 4.63. The topological polar surface area (TPSA) is 32.3 Å². The molecule has 2 aliphatic rings. The molecule has 0 bridgehead atoms. The van der Waals surface area contributed by atoms with Crippen LogP contribution in [-0.2, 0) is 18.4 Å². The first kappa shape index (κ1) is 17.6. The molecule has 2 heteroatoms. The monoisotopic (exact) mass is 349 g/mol. The molecule has 0 heterocycles. The van der Waals surface area contributed by atoms with E-state index < -0.39 is 0 Å². The van der Waals surface area contributed by atoms with Gasteiger partial charge in [0.05, 0.1) is 6.61 Å². The molecule has 138 valence electrons. The van der Waals surface area contributed by atoms with Crippen molar-refractivity contribution < 1.29 is 5.11 Å². The minimum Gasteiger partial charge on any atom is -0.395 e. The Kier molecular flexibility index (Phi) is 5.31. The Labute approximate surface area is 157 Å². The minimum absolute atomic E-state index is 0.00832. The fourth-order valence-corrected chi connectivity index (χ4v) is 4.63. The zero-order valence-corrected chi connectivity index (χ0v) is 15.7. The first-order valence-corrected chi connectivity index (χ1v) is 10.3. The van der Waals surface area contributed by atoms with E-state index >= 15 is 0 Å². The van der Waals surface area contributed by atoms with Crippen LogP contribution in [0.3, 0.4) is 0 Å². The molecule has 0 saturated heterocycles. The lowest BCUT2D eigenvalue weighted by Crippen LogP contribution is -2.26. The second-order valence-corrected chi connectivity index (χ2v) is 8.40. The molecule has 0 aliphatic heterocycles. The molecule has 2 N–H and O–H groups in total. The quantitative estimate of drug-likeness (QED) is 0.697. The molecule has 2 aromatic rings. The summed E-state index contributed by atoms with van der Waals surface area (Å²) in [4.78, 5) is 0. The highest BCUT2D eigenvalue weighted by Crippen LogP contribution is 2.40. The molecule has 2 nitrogen and oxygen atoms in total. The summed E-state index contributed by atoms with van der Waals surface area (Å²) in [5.74, 6) is 0.917. The number of aliphatic hydroxyl groups excluding tert-OH is 1. The average Bonchev–Trinajstić information content (AvgIpc) is 3.14. The Hall–Kier alpha value is -1.80.